The first-order valence-electron chi connectivity index (χ1n) is 19.5. The summed E-state index contributed by atoms with van der Waals surface area (Å²) in [7, 11) is 0. The van der Waals surface area contributed by atoms with Crippen LogP contribution in [0.2, 0.25) is 0 Å². The molecule has 55 heavy (non-hydrogen) atoms. The van der Waals surface area contributed by atoms with Gasteiger partial charge in [-0.25, -0.2) is 0 Å². The van der Waals surface area contributed by atoms with Crippen molar-refractivity contribution in [2.75, 3.05) is 4.90 Å². The molecule has 0 aromatic heterocycles. The van der Waals surface area contributed by atoms with Crippen molar-refractivity contribution in [2.45, 2.75) is 38.5 Å². The van der Waals surface area contributed by atoms with Crippen LogP contribution in [0.5, 0.6) is 0 Å². The van der Waals surface area contributed by atoms with Crippen molar-refractivity contribution in [1.29, 1.82) is 0 Å². The van der Waals surface area contributed by atoms with Gasteiger partial charge in [0.15, 0.2) is 0 Å². The summed E-state index contributed by atoms with van der Waals surface area (Å²) >= 11 is 0. The lowest BCUT2D eigenvalue weighted by atomic mass is 9.82. The third-order valence-corrected chi connectivity index (χ3v) is 12.8. The van der Waals surface area contributed by atoms with E-state index in [4.69, 9.17) is 0 Å². The lowest BCUT2D eigenvalue weighted by Crippen LogP contribution is -2.16. The number of rotatable bonds is 4. The number of nitrogens with zero attached hydrogens (tertiary/aromatic N) is 1. The maximum absolute atomic E-state index is 2.50. The van der Waals surface area contributed by atoms with Crippen molar-refractivity contribution < 1.29 is 0 Å². The van der Waals surface area contributed by atoms with E-state index in [0.717, 1.165) is 11.4 Å². The topological polar surface area (TPSA) is 3.24 Å². The molecule has 0 aliphatic heterocycles. The van der Waals surface area contributed by atoms with Gasteiger partial charge in [0, 0.05) is 27.8 Å². The Balaban J connectivity index is 1.12. The zero-order valence-electron chi connectivity index (χ0n) is 31.7. The second-order valence-corrected chi connectivity index (χ2v) is 16.5. The molecule has 1 heteroatoms. The number of hydrogen-bond acceptors (Lipinski definition) is 1. The van der Waals surface area contributed by atoms with E-state index >= 15 is 0 Å². The van der Waals surface area contributed by atoms with Crippen LogP contribution in [0.25, 0.3) is 65.7 Å². The molecular weight excluding hydrogens is 663 g/mol. The fourth-order valence-electron chi connectivity index (χ4n) is 10.1. The predicted molar refractivity (Wildman–Crippen MR) is 234 cm³/mol. The minimum absolute atomic E-state index is 0.0528. The summed E-state index contributed by atoms with van der Waals surface area (Å²) in [5, 5.41) is 7.72. The Kier molecular flexibility index (Phi) is 6.72. The number of fused-ring (bicyclic) bond motifs is 11. The van der Waals surface area contributed by atoms with Crippen molar-refractivity contribution in [2.24, 2.45) is 0 Å². The standard InChI is InChI=1S/C54H41N/c1-53(2)46-20-11-9-17-41(46)45-33-38(30-31-48(45)53)55(50-23-13-22-49-52(50)43-19-10-12-21-47(43)54(49,3)4)37-28-26-35(27-29-37)44-32-36-25-24-34-14-5-6-15-39(34)51(36)42-18-8-7-16-40(42)44/h5-33H,1-4H3. The highest BCUT2D eigenvalue weighted by Gasteiger charge is 2.39. The van der Waals surface area contributed by atoms with Crippen LogP contribution in [0.4, 0.5) is 17.1 Å². The molecule has 0 spiro atoms. The molecule has 0 bridgehead atoms. The number of anilines is 3. The van der Waals surface area contributed by atoms with Crippen molar-refractivity contribution in [3.63, 3.8) is 0 Å². The Morgan fingerprint density at radius 2 is 0.945 bits per heavy atom. The predicted octanol–water partition coefficient (Wildman–Crippen LogP) is 14.9. The third kappa shape index (κ3) is 4.53. The van der Waals surface area contributed by atoms with Crippen LogP contribution in [-0.4, -0.2) is 0 Å². The lowest BCUT2D eigenvalue weighted by molar-refractivity contribution is 0.660. The summed E-state index contributed by atoms with van der Waals surface area (Å²) in [4.78, 5) is 2.50. The second-order valence-electron chi connectivity index (χ2n) is 16.5. The van der Waals surface area contributed by atoms with E-state index in [9.17, 15) is 0 Å². The first-order chi connectivity index (χ1) is 26.8. The molecule has 0 unspecified atom stereocenters. The van der Waals surface area contributed by atoms with Gasteiger partial charge in [0.2, 0.25) is 0 Å². The van der Waals surface area contributed by atoms with Crippen molar-refractivity contribution in [1.82, 2.24) is 0 Å². The summed E-state index contributed by atoms with van der Waals surface area (Å²) in [5.41, 5.74) is 16.7. The molecule has 0 atom stereocenters. The molecule has 9 aromatic carbocycles. The summed E-state index contributed by atoms with van der Waals surface area (Å²) in [6.07, 6.45) is 0. The van der Waals surface area contributed by atoms with E-state index in [1.54, 1.807) is 0 Å². The first-order valence-corrected chi connectivity index (χ1v) is 19.5. The fraction of sp³-hybridized carbons (Fsp3) is 0.111. The van der Waals surface area contributed by atoms with Gasteiger partial charge in [-0.2, -0.15) is 0 Å². The molecule has 11 rings (SSSR count). The van der Waals surface area contributed by atoms with E-state index in [1.165, 1.54) is 93.6 Å². The van der Waals surface area contributed by atoms with E-state index in [-0.39, 0.29) is 10.8 Å². The van der Waals surface area contributed by atoms with Crippen LogP contribution < -0.4 is 4.90 Å². The summed E-state index contributed by atoms with van der Waals surface area (Å²) in [6, 6.07) is 65.8. The average molecular weight is 704 g/mol. The Morgan fingerprint density at radius 3 is 1.75 bits per heavy atom. The highest BCUT2D eigenvalue weighted by Crippen LogP contribution is 2.56. The molecule has 0 fully saturated rings. The zero-order chi connectivity index (χ0) is 37.1. The van der Waals surface area contributed by atoms with Gasteiger partial charge in [-0.05, 0) is 119 Å². The van der Waals surface area contributed by atoms with Gasteiger partial charge in [0.05, 0.1) is 5.69 Å². The monoisotopic (exact) mass is 703 g/mol. The summed E-state index contributed by atoms with van der Waals surface area (Å²) < 4.78 is 0. The Bertz CT molecular complexity index is 3030. The first kappa shape index (κ1) is 32.0. The molecule has 0 N–H and O–H groups in total. The van der Waals surface area contributed by atoms with E-state index in [1.807, 2.05) is 0 Å². The van der Waals surface area contributed by atoms with E-state index in [0.29, 0.717) is 0 Å². The smallest absolute Gasteiger partial charge is 0.0543 e. The normalized spacial score (nSPS) is 14.5. The van der Waals surface area contributed by atoms with Crippen LogP contribution >= 0.6 is 0 Å². The molecule has 0 saturated heterocycles. The van der Waals surface area contributed by atoms with Crippen LogP contribution in [0, 0.1) is 0 Å². The number of hydrogen-bond donors (Lipinski definition) is 0. The SMILES string of the molecule is CC1(C)c2ccccc2-c2cc(N(c3ccc(-c4cc5ccc6ccccc6c5c5ccccc45)cc3)c3cccc4c3-c3ccccc3C4(C)C)ccc21. The Morgan fingerprint density at radius 1 is 0.364 bits per heavy atom. The van der Waals surface area contributed by atoms with Gasteiger partial charge in [-0.15, -0.1) is 0 Å². The minimum atomic E-state index is -0.0964. The fourth-order valence-corrected chi connectivity index (χ4v) is 10.1. The van der Waals surface area contributed by atoms with Gasteiger partial charge in [0.25, 0.3) is 0 Å². The second kappa shape index (κ2) is 11.5. The van der Waals surface area contributed by atoms with Crippen molar-refractivity contribution >= 4 is 49.4 Å². The molecule has 0 saturated carbocycles. The molecule has 2 aliphatic carbocycles. The number of benzene rings is 9. The summed E-state index contributed by atoms with van der Waals surface area (Å²) in [6.45, 7) is 9.45. The average Bonchev–Trinajstić information content (AvgIpc) is 3.60. The molecular formula is C54H41N. The zero-order valence-corrected chi connectivity index (χ0v) is 31.7. The van der Waals surface area contributed by atoms with Crippen LogP contribution in [0.3, 0.4) is 0 Å². The van der Waals surface area contributed by atoms with Gasteiger partial charge < -0.3 is 4.90 Å². The molecule has 0 heterocycles. The van der Waals surface area contributed by atoms with Crippen LogP contribution in [-0.2, 0) is 10.8 Å². The minimum Gasteiger partial charge on any atom is -0.310 e. The molecule has 9 aromatic rings. The van der Waals surface area contributed by atoms with E-state index < -0.39 is 0 Å². The maximum Gasteiger partial charge on any atom is 0.0543 e. The molecule has 262 valence electrons. The van der Waals surface area contributed by atoms with Gasteiger partial charge in [-0.3, -0.25) is 0 Å². The Labute approximate surface area is 323 Å². The molecule has 0 radical (unpaired) electrons. The van der Waals surface area contributed by atoms with Crippen molar-refractivity contribution in [3.05, 3.63) is 198 Å². The molecule has 2 aliphatic rings. The quantitative estimate of drug-likeness (QED) is 0.165. The van der Waals surface area contributed by atoms with E-state index in [2.05, 4.69) is 209 Å². The molecule has 1 nitrogen and oxygen atoms in total. The van der Waals surface area contributed by atoms with Gasteiger partial charge in [0.1, 0.15) is 0 Å². The van der Waals surface area contributed by atoms with Gasteiger partial charge >= 0.3 is 0 Å². The van der Waals surface area contributed by atoms with Crippen molar-refractivity contribution in [3.8, 4) is 33.4 Å². The highest BCUT2D eigenvalue weighted by atomic mass is 15.1. The van der Waals surface area contributed by atoms with Crippen LogP contribution in [0.15, 0.2) is 176 Å². The maximum atomic E-state index is 2.50. The highest BCUT2D eigenvalue weighted by molar-refractivity contribution is 6.23. The largest absolute Gasteiger partial charge is 0.310 e. The van der Waals surface area contributed by atoms with Gasteiger partial charge in [-0.1, -0.05) is 167 Å². The Hall–Kier alpha value is -6.44. The lowest BCUT2D eigenvalue weighted by Gasteiger charge is -2.30. The third-order valence-electron chi connectivity index (χ3n) is 12.8. The molecule has 0 amide bonds. The summed E-state index contributed by atoms with van der Waals surface area (Å²) in [5.74, 6) is 0. The van der Waals surface area contributed by atoms with Crippen LogP contribution in [0.1, 0.15) is 49.9 Å².